The highest BCUT2D eigenvalue weighted by Gasteiger charge is 2.68. The molecule has 5 nitrogen and oxygen atoms in total. The number of hydrogen-bond acceptors (Lipinski definition) is 3. The summed E-state index contributed by atoms with van der Waals surface area (Å²) in [6, 6.07) is 0. The number of likely N-dealkylation sites (tertiary alicyclic amines) is 1. The Morgan fingerprint density at radius 1 is 0.885 bits per heavy atom. The predicted molar refractivity (Wildman–Crippen MR) is 97.4 cm³/mol. The summed E-state index contributed by atoms with van der Waals surface area (Å²) in [7, 11) is 0. The zero-order valence-electron chi connectivity index (χ0n) is 15.6. The maximum Gasteiger partial charge on any atom is 0.226 e. The average molecular weight is 354 g/mol. The van der Waals surface area contributed by atoms with Crippen molar-refractivity contribution in [1.29, 1.82) is 0 Å². The molecule has 0 aromatic carbocycles. The third kappa shape index (κ3) is 2.24. The minimum absolute atomic E-state index is 0.405. The highest BCUT2D eigenvalue weighted by atomic mass is 16.2. The number of hydrogen-bond donors (Lipinski definition) is 0. The monoisotopic (exact) mass is 354 g/mol. The molecule has 26 heavy (non-hydrogen) atoms. The first-order valence-corrected chi connectivity index (χ1v) is 11.0. The summed E-state index contributed by atoms with van der Waals surface area (Å²) < 4.78 is 2.40. The first-order valence-electron chi connectivity index (χ1n) is 11.0. The van der Waals surface area contributed by atoms with Crippen molar-refractivity contribution < 1.29 is 4.79 Å². The maximum atomic E-state index is 13.1. The van der Waals surface area contributed by atoms with Crippen molar-refractivity contribution in [1.82, 2.24) is 19.7 Å². The Balaban J connectivity index is 1.11. The first kappa shape index (κ1) is 15.6. The molecule has 3 heterocycles. The summed E-state index contributed by atoms with van der Waals surface area (Å²) in [5.41, 5.74) is 0. The highest BCUT2D eigenvalue weighted by Crippen LogP contribution is 2.69. The van der Waals surface area contributed by atoms with Gasteiger partial charge in [-0.3, -0.25) is 4.79 Å². The molecule has 4 atom stereocenters. The molecule has 3 saturated carbocycles. The van der Waals surface area contributed by atoms with Gasteiger partial charge in [-0.1, -0.05) is 6.42 Å². The minimum Gasteiger partial charge on any atom is -0.342 e. The van der Waals surface area contributed by atoms with Crippen LogP contribution < -0.4 is 0 Å². The molecular weight excluding hydrogens is 324 g/mol. The topological polar surface area (TPSA) is 51.0 Å². The average Bonchev–Trinajstić information content (AvgIpc) is 2.95. The molecule has 3 aliphatic carbocycles. The standard InChI is InChI=1S/C21H30N4O/c26-21(19-17-14-5-6-15(12-14)18(17)19)24-10-7-13(8-11-24)20-23-22-16-4-2-1-3-9-25(16)20/h13-15,17-19H,1-12H2/t14-,15-,17-,18-/m0/s1. The van der Waals surface area contributed by atoms with E-state index in [-0.39, 0.29) is 0 Å². The number of carbonyl (C=O) groups is 1. The van der Waals surface area contributed by atoms with E-state index < -0.39 is 0 Å². The summed E-state index contributed by atoms with van der Waals surface area (Å²) in [6.07, 6.45) is 11.2. The molecule has 5 heteroatoms. The van der Waals surface area contributed by atoms with Gasteiger partial charge in [-0.25, -0.2) is 0 Å². The van der Waals surface area contributed by atoms with Gasteiger partial charge in [0.2, 0.25) is 5.91 Å². The molecule has 0 spiro atoms. The number of nitrogens with zero attached hydrogens (tertiary/aromatic N) is 4. The van der Waals surface area contributed by atoms with Crippen LogP contribution in [0.25, 0.3) is 0 Å². The molecule has 1 aromatic rings. The molecule has 0 unspecified atom stereocenters. The van der Waals surface area contributed by atoms with Gasteiger partial charge in [0.1, 0.15) is 11.6 Å². The highest BCUT2D eigenvalue weighted by molar-refractivity contribution is 5.83. The van der Waals surface area contributed by atoms with Crippen molar-refractivity contribution >= 4 is 5.91 Å². The van der Waals surface area contributed by atoms with Crippen LogP contribution in [0, 0.1) is 29.6 Å². The molecule has 1 amide bonds. The summed E-state index contributed by atoms with van der Waals surface area (Å²) in [4.78, 5) is 15.3. The number of carbonyl (C=O) groups excluding carboxylic acids is 1. The lowest BCUT2D eigenvalue weighted by Crippen LogP contribution is -2.40. The van der Waals surface area contributed by atoms with E-state index in [1.54, 1.807) is 0 Å². The van der Waals surface area contributed by atoms with Gasteiger partial charge in [0, 0.05) is 37.9 Å². The maximum absolute atomic E-state index is 13.1. The first-order chi connectivity index (χ1) is 12.8. The lowest BCUT2D eigenvalue weighted by molar-refractivity contribution is -0.134. The molecule has 6 rings (SSSR count). The quantitative estimate of drug-likeness (QED) is 0.820. The second kappa shape index (κ2) is 5.80. The number of aromatic nitrogens is 3. The molecular formula is C21H30N4O. The predicted octanol–water partition coefficient (Wildman–Crippen LogP) is 3.00. The molecule has 1 saturated heterocycles. The van der Waals surface area contributed by atoms with Crippen LogP contribution >= 0.6 is 0 Å². The molecule has 0 N–H and O–H groups in total. The SMILES string of the molecule is O=C(C1[C@H]2[C@H]3CC[C@@H](C3)[C@H]12)N1CCC(c2nnc3n2CCCCC3)CC1. The van der Waals surface area contributed by atoms with Crippen LogP contribution in [-0.2, 0) is 17.8 Å². The molecule has 140 valence electrons. The van der Waals surface area contributed by atoms with Gasteiger partial charge < -0.3 is 9.47 Å². The van der Waals surface area contributed by atoms with E-state index in [0.717, 1.165) is 62.6 Å². The van der Waals surface area contributed by atoms with Crippen molar-refractivity contribution in [2.75, 3.05) is 13.1 Å². The Kier molecular flexibility index (Phi) is 3.49. The second-order valence-electron chi connectivity index (χ2n) is 9.55. The van der Waals surface area contributed by atoms with Crippen molar-refractivity contribution in [3.05, 3.63) is 11.6 Å². The summed E-state index contributed by atoms with van der Waals surface area (Å²) in [6.45, 7) is 2.94. The van der Waals surface area contributed by atoms with Gasteiger partial charge in [0.05, 0.1) is 0 Å². The normalized spacial score (nSPS) is 38.8. The van der Waals surface area contributed by atoms with Crippen LogP contribution in [0.5, 0.6) is 0 Å². The largest absolute Gasteiger partial charge is 0.342 e. The van der Waals surface area contributed by atoms with Gasteiger partial charge >= 0.3 is 0 Å². The number of piperidine rings is 1. The van der Waals surface area contributed by atoms with E-state index in [0.29, 0.717) is 17.7 Å². The Labute approximate surface area is 155 Å². The lowest BCUT2D eigenvalue weighted by atomic mass is 9.94. The van der Waals surface area contributed by atoms with Crippen molar-refractivity contribution in [2.24, 2.45) is 29.6 Å². The minimum atomic E-state index is 0.405. The number of fused-ring (bicyclic) bond motifs is 6. The van der Waals surface area contributed by atoms with Crippen LogP contribution in [-0.4, -0.2) is 38.7 Å². The Morgan fingerprint density at radius 2 is 1.65 bits per heavy atom. The van der Waals surface area contributed by atoms with E-state index in [9.17, 15) is 4.79 Å². The summed E-state index contributed by atoms with van der Waals surface area (Å²) in [5, 5.41) is 9.04. The fraction of sp³-hybridized carbons (Fsp3) is 0.857. The van der Waals surface area contributed by atoms with Gasteiger partial charge in [0.15, 0.2) is 0 Å². The van der Waals surface area contributed by atoms with E-state index in [1.165, 1.54) is 50.2 Å². The van der Waals surface area contributed by atoms with Crippen molar-refractivity contribution in [3.63, 3.8) is 0 Å². The van der Waals surface area contributed by atoms with Crippen molar-refractivity contribution in [3.8, 4) is 0 Å². The third-order valence-corrected chi connectivity index (χ3v) is 8.33. The second-order valence-corrected chi connectivity index (χ2v) is 9.55. The molecule has 4 fully saturated rings. The molecule has 5 aliphatic rings. The Hall–Kier alpha value is -1.39. The molecule has 2 bridgehead atoms. The number of amides is 1. The molecule has 0 radical (unpaired) electrons. The van der Waals surface area contributed by atoms with Crippen LogP contribution in [0.15, 0.2) is 0 Å². The third-order valence-electron chi connectivity index (χ3n) is 8.33. The van der Waals surface area contributed by atoms with Crippen LogP contribution in [0.3, 0.4) is 0 Å². The van der Waals surface area contributed by atoms with Gasteiger partial charge in [0.25, 0.3) is 0 Å². The van der Waals surface area contributed by atoms with Crippen LogP contribution in [0.4, 0.5) is 0 Å². The van der Waals surface area contributed by atoms with E-state index in [2.05, 4.69) is 19.7 Å². The van der Waals surface area contributed by atoms with Crippen molar-refractivity contribution in [2.45, 2.75) is 70.3 Å². The number of aryl methyl sites for hydroxylation is 1. The zero-order valence-corrected chi connectivity index (χ0v) is 15.6. The van der Waals surface area contributed by atoms with Gasteiger partial charge in [-0.05, 0) is 68.6 Å². The fourth-order valence-corrected chi connectivity index (χ4v) is 7.03. The summed E-state index contributed by atoms with van der Waals surface area (Å²) >= 11 is 0. The smallest absolute Gasteiger partial charge is 0.226 e. The lowest BCUT2D eigenvalue weighted by Gasteiger charge is -2.32. The number of rotatable bonds is 2. The zero-order chi connectivity index (χ0) is 17.3. The molecule has 2 aliphatic heterocycles. The Morgan fingerprint density at radius 3 is 2.42 bits per heavy atom. The van der Waals surface area contributed by atoms with Crippen LogP contribution in [0.2, 0.25) is 0 Å². The van der Waals surface area contributed by atoms with E-state index >= 15 is 0 Å². The Bertz CT molecular complexity index is 704. The fourth-order valence-electron chi connectivity index (χ4n) is 7.03. The van der Waals surface area contributed by atoms with Gasteiger partial charge in [-0.15, -0.1) is 10.2 Å². The van der Waals surface area contributed by atoms with E-state index in [1.807, 2.05) is 0 Å². The van der Waals surface area contributed by atoms with E-state index in [4.69, 9.17) is 0 Å². The van der Waals surface area contributed by atoms with Gasteiger partial charge in [-0.2, -0.15) is 0 Å². The molecule has 1 aromatic heterocycles. The van der Waals surface area contributed by atoms with Crippen LogP contribution in [0.1, 0.15) is 68.9 Å². The summed E-state index contributed by atoms with van der Waals surface area (Å²) in [5.74, 6) is 7.11.